The van der Waals surface area contributed by atoms with Crippen molar-refractivity contribution in [1.29, 1.82) is 0 Å². The molecule has 30 heavy (non-hydrogen) atoms. The van der Waals surface area contributed by atoms with Crippen LogP contribution in [0.15, 0.2) is 18.2 Å². The van der Waals surface area contributed by atoms with Gasteiger partial charge in [0, 0.05) is 25.2 Å². The lowest BCUT2D eigenvalue weighted by atomic mass is 10.1. The number of ether oxygens (including phenoxy) is 1. The third-order valence-corrected chi connectivity index (χ3v) is 4.40. The molecule has 0 bridgehead atoms. The van der Waals surface area contributed by atoms with E-state index in [0.29, 0.717) is 0 Å². The van der Waals surface area contributed by atoms with E-state index in [-0.39, 0.29) is 36.8 Å². The zero-order chi connectivity index (χ0) is 22.4. The summed E-state index contributed by atoms with van der Waals surface area (Å²) in [5, 5.41) is 26.6. The molecule has 0 saturated carbocycles. The van der Waals surface area contributed by atoms with Crippen molar-refractivity contribution in [3.63, 3.8) is 0 Å². The van der Waals surface area contributed by atoms with Crippen molar-refractivity contribution < 1.29 is 29.0 Å². The number of esters is 1. The van der Waals surface area contributed by atoms with Crippen LogP contribution in [0.3, 0.4) is 0 Å². The predicted octanol–water partition coefficient (Wildman–Crippen LogP) is 0.271. The maximum Gasteiger partial charge on any atom is 0.308 e. The van der Waals surface area contributed by atoms with Crippen LogP contribution in [0, 0.1) is 20.2 Å². The SMILES string of the molecule is CCOC(=O)CC1C(=O)NCCN1C(=S)NC(=O)c1cc([N+](=O)[O-])cc([N+](=O)[O-])c1. The highest BCUT2D eigenvalue weighted by Crippen LogP contribution is 2.23. The maximum atomic E-state index is 12.5. The fraction of sp³-hybridized carbons (Fsp3) is 0.375. The van der Waals surface area contributed by atoms with Gasteiger partial charge in [0.25, 0.3) is 17.3 Å². The molecule has 1 aliphatic rings. The second kappa shape index (κ2) is 9.69. The summed E-state index contributed by atoms with van der Waals surface area (Å²) in [5.41, 5.74) is -1.64. The summed E-state index contributed by atoms with van der Waals surface area (Å²) in [4.78, 5) is 58.0. The van der Waals surface area contributed by atoms with Gasteiger partial charge in [-0.1, -0.05) is 0 Å². The Bertz CT molecular complexity index is 889. The van der Waals surface area contributed by atoms with Crippen LogP contribution in [-0.2, 0) is 14.3 Å². The molecule has 1 saturated heterocycles. The number of non-ortho nitro benzene ring substituents is 2. The number of nitro benzene ring substituents is 2. The first-order valence-corrected chi connectivity index (χ1v) is 9.04. The summed E-state index contributed by atoms with van der Waals surface area (Å²) in [6.07, 6.45) is -0.308. The van der Waals surface area contributed by atoms with E-state index in [1.54, 1.807) is 6.92 Å². The number of hydrogen-bond donors (Lipinski definition) is 2. The van der Waals surface area contributed by atoms with Crippen molar-refractivity contribution in [3.05, 3.63) is 44.0 Å². The van der Waals surface area contributed by atoms with E-state index in [9.17, 15) is 34.6 Å². The molecule has 14 heteroatoms. The molecule has 0 aromatic heterocycles. The van der Waals surface area contributed by atoms with Gasteiger partial charge < -0.3 is 15.0 Å². The largest absolute Gasteiger partial charge is 0.466 e. The Kier molecular flexibility index (Phi) is 7.30. The summed E-state index contributed by atoms with van der Waals surface area (Å²) in [7, 11) is 0. The van der Waals surface area contributed by atoms with Crippen LogP contribution >= 0.6 is 12.2 Å². The van der Waals surface area contributed by atoms with Gasteiger partial charge in [0.15, 0.2) is 5.11 Å². The second-order valence-electron chi connectivity index (χ2n) is 6.02. The van der Waals surface area contributed by atoms with Crippen LogP contribution < -0.4 is 10.6 Å². The number of nitrogens with one attached hydrogen (secondary N) is 2. The summed E-state index contributed by atoms with van der Waals surface area (Å²) >= 11 is 5.16. The molecule has 2 N–H and O–H groups in total. The van der Waals surface area contributed by atoms with Crippen molar-refractivity contribution in [1.82, 2.24) is 15.5 Å². The average Bonchev–Trinajstić information content (AvgIpc) is 2.69. The van der Waals surface area contributed by atoms with Crippen LogP contribution in [0.5, 0.6) is 0 Å². The van der Waals surface area contributed by atoms with Crippen molar-refractivity contribution in [2.75, 3.05) is 19.7 Å². The number of carbonyl (C=O) groups excluding carboxylic acids is 3. The number of thiocarbonyl (C=S) groups is 1. The molecule has 0 aliphatic carbocycles. The van der Waals surface area contributed by atoms with E-state index in [0.717, 1.165) is 18.2 Å². The number of amides is 2. The van der Waals surface area contributed by atoms with Gasteiger partial charge in [-0.25, -0.2) is 0 Å². The molecule has 1 unspecified atom stereocenters. The third kappa shape index (κ3) is 5.44. The molecular formula is C16H17N5O8S. The smallest absolute Gasteiger partial charge is 0.308 e. The van der Waals surface area contributed by atoms with Gasteiger partial charge in [-0.2, -0.15) is 0 Å². The lowest BCUT2D eigenvalue weighted by molar-refractivity contribution is -0.394. The van der Waals surface area contributed by atoms with E-state index in [2.05, 4.69) is 10.6 Å². The van der Waals surface area contributed by atoms with Crippen LogP contribution in [0.25, 0.3) is 0 Å². The molecule has 160 valence electrons. The number of carbonyl (C=O) groups is 3. The van der Waals surface area contributed by atoms with E-state index < -0.39 is 45.0 Å². The van der Waals surface area contributed by atoms with Gasteiger partial charge in [0.2, 0.25) is 5.91 Å². The summed E-state index contributed by atoms with van der Waals surface area (Å²) < 4.78 is 4.84. The van der Waals surface area contributed by atoms with Crippen molar-refractivity contribution in [2.24, 2.45) is 0 Å². The first kappa shape index (κ1) is 22.6. The zero-order valence-electron chi connectivity index (χ0n) is 15.7. The predicted molar refractivity (Wildman–Crippen MR) is 105 cm³/mol. The van der Waals surface area contributed by atoms with Gasteiger partial charge >= 0.3 is 5.97 Å². The topological polar surface area (TPSA) is 174 Å². The van der Waals surface area contributed by atoms with Gasteiger partial charge in [0.1, 0.15) is 6.04 Å². The number of nitro groups is 2. The van der Waals surface area contributed by atoms with E-state index >= 15 is 0 Å². The van der Waals surface area contributed by atoms with Crippen molar-refractivity contribution in [2.45, 2.75) is 19.4 Å². The van der Waals surface area contributed by atoms with E-state index in [1.807, 2.05) is 0 Å². The molecule has 0 spiro atoms. The molecule has 0 radical (unpaired) electrons. The molecule has 1 fully saturated rings. The Morgan fingerprint density at radius 3 is 2.40 bits per heavy atom. The fourth-order valence-electron chi connectivity index (χ4n) is 2.72. The molecule has 1 heterocycles. The number of hydrogen-bond acceptors (Lipinski definition) is 9. The van der Waals surface area contributed by atoms with Crippen molar-refractivity contribution in [3.8, 4) is 0 Å². The standard InChI is InChI=1S/C16H17N5O8S/c1-2-29-13(22)8-12-15(24)17-3-4-19(12)16(30)18-14(23)9-5-10(20(25)26)7-11(6-9)21(27)28/h5-7,12H,2-4,8H2,1H3,(H,17,24)(H,18,23,30). The molecule has 2 rings (SSSR count). The van der Waals surface area contributed by atoms with Crippen LogP contribution in [-0.4, -0.2) is 63.4 Å². The third-order valence-electron chi connectivity index (χ3n) is 4.06. The van der Waals surface area contributed by atoms with Gasteiger partial charge in [0.05, 0.1) is 34.5 Å². The lowest BCUT2D eigenvalue weighted by Crippen LogP contribution is -2.60. The maximum absolute atomic E-state index is 12.5. The van der Waals surface area contributed by atoms with Crippen LogP contribution in [0.1, 0.15) is 23.7 Å². The Hall–Kier alpha value is -3.68. The molecular weight excluding hydrogens is 422 g/mol. The Morgan fingerprint density at radius 1 is 1.27 bits per heavy atom. The second-order valence-corrected chi connectivity index (χ2v) is 6.41. The van der Waals surface area contributed by atoms with E-state index in [1.165, 1.54) is 4.90 Å². The monoisotopic (exact) mass is 439 g/mol. The molecule has 1 atom stereocenters. The molecule has 1 aromatic carbocycles. The Balaban J connectivity index is 2.22. The molecule has 13 nitrogen and oxygen atoms in total. The number of benzene rings is 1. The lowest BCUT2D eigenvalue weighted by Gasteiger charge is -2.36. The summed E-state index contributed by atoms with van der Waals surface area (Å²) in [5.74, 6) is -2.06. The molecule has 1 aliphatic heterocycles. The highest BCUT2D eigenvalue weighted by molar-refractivity contribution is 7.80. The quantitative estimate of drug-likeness (QED) is 0.271. The van der Waals surface area contributed by atoms with Gasteiger partial charge in [-0.05, 0) is 19.1 Å². The van der Waals surface area contributed by atoms with Gasteiger partial charge in [-0.15, -0.1) is 0 Å². The summed E-state index contributed by atoms with van der Waals surface area (Å²) in [6.45, 7) is 2.13. The number of rotatable bonds is 6. The minimum Gasteiger partial charge on any atom is -0.466 e. The first-order chi connectivity index (χ1) is 14.1. The normalized spacial score (nSPS) is 15.7. The fourth-order valence-corrected chi connectivity index (χ4v) is 3.03. The zero-order valence-corrected chi connectivity index (χ0v) is 16.5. The number of piperazine rings is 1. The molecule has 1 aromatic rings. The minimum atomic E-state index is -1.02. The minimum absolute atomic E-state index is 0.125. The number of nitrogens with zero attached hydrogens (tertiary/aromatic N) is 3. The Labute approximate surface area is 174 Å². The summed E-state index contributed by atoms with van der Waals surface area (Å²) in [6, 6.07) is 1.43. The van der Waals surface area contributed by atoms with Crippen molar-refractivity contribution >= 4 is 46.5 Å². The molecule has 2 amide bonds. The van der Waals surface area contributed by atoms with Crippen LogP contribution in [0.4, 0.5) is 11.4 Å². The Morgan fingerprint density at radius 2 is 1.87 bits per heavy atom. The highest BCUT2D eigenvalue weighted by atomic mass is 32.1. The van der Waals surface area contributed by atoms with Gasteiger partial charge in [-0.3, -0.25) is 39.9 Å². The van der Waals surface area contributed by atoms with E-state index in [4.69, 9.17) is 17.0 Å². The highest BCUT2D eigenvalue weighted by Gasteiger charge is 2.34. The van der Waals surface area contributed by atoms with Crippen LogP contribution in [0.2, 0.25) is 0 Å². The first-order valence-electron chi connectivity index (χ1n) is 8.63. The average molecular weight is 439 g/mol.